The largest absolute Gasteiger partial charge is 0.320 e. The van der Waals surface area contributed by atoms with Crippen molar-refractivity contribution in [2.45, 2.75) is 32.9 Å². The van der Waals surface area contributed by atoms with Crippen molar-refractivity contribution in [1.82, 2.24) is 29.4 Å². The molecule has 2 aromatic rings. The first-order valence-electron chi connectivity index (χ1n) is 7.36. The van der Waals surface area contributed by atoms with E-state index in [0.29, 0.717) is 5.92 Å². The third-order valence-electron chi connectivity index (χ3n) is 4.28. The van der Waals surface area contributed by atoms with Gasteiger partial charge in [0.25, 0.3) is 0 Å². The van der Waals surface area contributed by atoms with E-state index in [0.717, 1.165) is 42.6 Å². The van der Waals surface area contributed by atoms with Crippen molar-refractivity contribution in [3.8, 4) is 0 Å². The smallest absolute Gasteiger partial charge is 0.119 e. The average Bonchev–Trinajstić information content (AvgIpc) is 3.05. The molecule has 0 unspecified atom stereocenters. The van der Waals surface area contributed by atoms with Crippen LogP contribution in [0.25, 0.3) is 0 Å². The van der Waals surface area contributed by atoms with Crippen molar-refractivity contribution in [3.05, 3.63) is 29.1 Å². The van der Waals surface area contributed by atoms with Crippen LogP contribution in [0, 0.1) is 12.8 Å². The van der Waals surface area contributed by atoms with Crippen LogP contribution in [0.4, 0.5) is 0 Å². The molecule has 0 atom stereocenters. The third kappa shape index (κ3) is 3.27. The van der Waals surface area contributed by atoms with Gasteiger partial charge in [-0.05, 0) is 38.8 Å². The van der Waals surface area contributed by atoms with E-state index in [1.165, 1.54) is 12.8 Å². The Bertz CT molecular complexity index is 583. The van der Waals surface area contributed by atoms with Gasteiger partial charge in [0, 0.05) is 20.1 Å². The molecule has 114 valence electrons. The number of nitrogens with zero attached hydrogens (tertiary/aromatic N) is 6. The monoisotopic (exact) mass is 308 g/mol. The van der Waals surface area contributed by atoms with Crippen molar-refractivity contribution in [2.75, 3.05) is 13.1 Å². The number of rotatable bonds is 4. The van der Waals surface area contributed by atoms with E-state index in [-0.39, 0.29) is 0 Å². The van der Waals surface area contributed by atoms with E-state index in [4.69, 9.17) is 11.6 Å². The third-order valence-corrected chi connectivity index (χ3v) is 4.77. The molecular weight excluding hydrogens is 288 g/mol. The van der Waals surface area contributed by atoms with Gasteiger partial charge in [0.1, 0.15) is 12.7 Å². The van der Waals surface area contributed by atoms with Crippen LogP contribution >= 0.6 is 11.6 Å². The Morgan fingerprint density at radius 1 is 1.24 bits per heavy atom. The molecule has 0 aliphatic carbocycles. The van der Waals surface area contributed by atoms with Crippen LogP contribution in [-0.2, 0) is 20.1 Å². The second-order valence-corrected chi connectivity index (χ2v) is 6.23. The minimum absolute atomic E-state index is 0.709. The summed E-state index contributed by atoms with van der Waals surface area (Å²) >= 11 is 6.33. The Morgan fingerprint density at radius 3 is 2.48 bits per heavy atom. The van der Waals surface area contributed by atoms with Crippen molar-refractivity contribution in [1.29, 1.82) is 0 Å². The molecule has 7 heteroatoms. The van der Waals surface area contributed by atoms with E-state index in [2.05, 4.69) is 24.8 Å². The Balaban J connectivity index is 1.54. The lowest BCUT2D eigenvalue weighted by molar-refractivity contribution is 0.164. The molecular formula is C14H21ClN6. The molecule has 0 saturated carbocycles. The summed E-state index contributed by atoms with van der Waals surface area (Å²) in [6.07, 6.45) is 5.99. The maximum Gasteiger partial charge on any atom is 0.119 e. The lowest BCUT2D eigenvalue weighted by atomic mass is 9.96. The van der Waals surface area contributed by atoms with Crippen molar-refractivity contribution in [3.63, 3.8) is 0 Å². The van der Waals surface area contributed by atoms with Gasteiger partial charge in [-0.15, -0.1) is 10.2 Å². The fourth-order valence-electron chi connectivity index (χ4n) is 3.01. The summed E-state index contributed by atoms with van der Waals surface area (Å²) in [7, 11) is 1.97. The molecule has 1 saturated heterocycles. The van der Waals surface area contributed by atoms with Crippen LogP contribution in [0.2, 0.25) is 5.02 Å². The standard InChI is InChI=1S/C14H21ClN6/c1-11-14(15)13(19(2)18-11)8-20-5-3-12(4-6-20)7-21-9-16-17-10-21/h9-10,12H,3-8H2,1-2H3. The van der Waals surface area contributed by atoms with Gasteiger partial charge in [-0.3, -0.25) is 9.58 Å². The first-order valence-corrected chi connectivity index (χ1v) is 7.74. The molecule has 3 heterocycles. The summed E-state index contributed by atoms with van der Waals surface area (Å²) in [6, 6.07) is 0. The normalized spacial score (nSPS) is 17.5. The number of aromatic nitrogens is 5. The topological polar surface area (TPSA) is 51.8 Å². The number of piperidine rings is 1. The van der Waals surface area contributed by atoms with E-state index >= 15 is 0 Å². The molecule has 1 fully saturated rings. The van der Waals surface area contributed by atoms with E-state index in [9.17, 15) is 0 Å². The molecule has 0 amide bonds. The van der Waals surface area contributed by atoms with E-state index in [1.54, 1.807) is 12.7 Å². The van der Waals surface area contributed by atoms with Gasteiger partial charge >= 0.3 is 0 Å². The molecule has 6 nitrogen and oxygen atoms in total. The molecule has 0 N–H and O–H groups in total. The van der Waals surface area contributed by atoms with Crippen LogP contribution in [0.1, 0.15) is 24.2 Å². The molecule has 3 rings (SSSR count). The number of hydrogen-bond donors (Lipinski definition) is 0. The zero-order valence-corrected chi connectivity index (χ0v) is 13.3. The molecule has 0 aromatic carbocycles. The van der Waals surface area contributed by atoms with Crippen molar-refractivity contribution in [2.24, 2.45) is 13.0 Å². The van der Waals surface area contributed by atoms with Gasteiger partial charge in [0.05, 0.1) is 16.4 Å². The highest BCUT2D eigenvalue weighted by atomic mass is 35.5. The molecule has 21 heavy (non-hydrogen) atoms. The van der Waals surface area contributed by atoms with Gasteiger partial charge in [0.15, 0.2) is 0 Å². The van der Waals surface area contributed by atoms with Gasteiger partial charge in [-0.25, -0.2) is 0 Å². The summed E-state index contributed by atoms with van der Waals surface area (Å²) in [5, 5.41) is 12.9. The first-order chi connectivity index (χ1) is 10.1. The zero-order valence-electron chi connectivity index (χ0n) is 12.5. The molecule has 0 bridgehead atoms. The zero-order chi connectivity index (χ0) is 14.8. The molecule has 0 radical (unpaired) electrons. The number of aryl methyl sites for hydroxylation is 2. The Labute approximate surface area is 129 Å². The molecule has 0 spiro atoms. The highest BCUT2D eigenvalue weighted by Crippen LogP contribution is 2.24. The quantitative estimate of drug-likeness (QED) is 0.865. The Morgan fingerprint density at radius 2 is 1.90 bits per heavy atom. The highest BCUT2D eigenvalue weighted by molar-refractivity contribution is 6.31. The summed E-state index contributed by atoms with van der Waals surface area (Å²) in [5.74, 6) is 0.709. The number of likely N-dealkylation sites (tertiary alicyclic amines) is 1. The second-order valence-electron chi connectivity index (χ2n) is 5.85. The molecule has 2 aromatic heterocycles. The minimum atomic E-state index is 0.709. The lowest BCUT2D eigenvalue weighted by Gasteiger charge is -2.31. The van der Waals surface area contributed by atoms with Crippen LogP contribution < -0.4 is 0 Å². The minimum Gasteiger partial charge on any atom is -0.320 e. The fraction of sp³-hybridized carbons (Fsp3) is 0.643. The van der Waals surface area contributed by atoms with Crippen molar-refractivity contribution < 1.29 is 0 Å². The Hall–Kier alpha value is -1.40. The molecule has 1 aliphatic rings. The molecule has 1 aliphatic heterocycles. The van der Waals surface area contributed by atoms with E-state index in [1.807, 2.05) is 18.7 Å². The summed E-state index contributed by atoms with van der Waals surface area (Å²) in [6.45, 7) is 6.07. The van der Waals surface area contributed by atoms with Gasteiger partial charge in [-0.1, -0.05) is 11.6 Å². The maximum atomic E-state index is 6.33. The SMILES string of the molecule is Cc1nn(C)c(CN2CCC(Cn3cnnc3)CC2)c1Cl. The van der Waals surface area contributed by atoms with Crippen LogP contribution in [0.15, 0.2) is 12.7 Å². The Kier molecular flexibility index (Phi) is 4.26. The predicted molar refractivity (Wildman–Crippen MR) is 81.0 cm³/mol. The number of halogens is 1. The maximum absolute atomic E-state index is 6.33. The average molecular weight is 309 g/mol. The van der Waals surface area contributed by atoms with Crippen molar-refractivity contribution >= 4 is 11.6 Å². The van der Waals surface area contributed by atoms with E-state index < -0.39 is 0 Å². The summed E-state index contributed by atoms with van der Waals surface area (Å²) in [4.78, 5) is 2.46. The van der Waals surface area contributed by atoms with Gasteiger partial charge < -0.3 is 4.57 Å². The second kappa shape index (κ2) is 6.15. The number of hydrogen-bond acceptors (Lipinski definition) is 4. The predicted octanol–water partition coefficient (Wildman–Crippen LogP) is 1.89. The highest BCUT2D eigenvalue weighted by Gasteiger charge is 2.22. The summed E-state index contributed by atoms with van der Waals surface area (Å²) < 4.78 is 3.97. The van der Waals surface area contributed by atoms with Crippen LogP contribution in [0.5, 0.6) is 0 Å². The lowest BCUT2D eigenvalue weighted by Crippen LogP contribution is -2.35. The fourth-order valence-corrected chi connectivity index (χ4v) is 3.23. The van der Waals surface area contributed by atoms with Gasteiger partial charge in [0.2, 0.25) is 0 Å². The van der Waals surface area contributed by atoms with Crippen LogP contribution in [-0.4, -0.2) is 42.5 Å². The summed E-state index contributed by atoms with van der Waals surface area (Å²) in [5.41, 5.74) is 2.03. The van der Waals surface area contributed by atoms with Gasteiger partial charge in [-0.2, -0.15) is 5.10 Å². The first kappa shape index (κ1) is 14.5. The van der Waals surface area contributed by atoms with Crippen LogP contribution in [0.3, 0.4) is 0 Å².